The minimum absolute atomic E-state index is 0.0187. The average molecular weight is 1090 g/mol. The number of rotatable bonds is 67. The predicted octanol–water partition coefficient (Wildman–Crippen LogP) is 22.8. The van der Waals surface area contributed by atoms with Gasteiger partial charge in [0, 0.05) is 12.8 Å². The lowest BCUT2D eigenvalue weighted by Crippen LogP contribution is -2.45. The second-order valence-electron chi connectivity index (χ2n) is 24.6. The van der Waals surface area contributed by atoms with Gasteiger partial charge in [0.2, 0.25) is 5.91 Å². The molecule has 2 unspecified atom stereocenters. The number of hydrogen-bond donors (Lipinski definition) is 3. The highest BCUT2D eigenvalue weighted by Crippen LogP contribution is 2.19. The van der Waals surface area contributed by atoms with Crippen LogP contribution < -0.4 is 5.32 Å². The molecule has 2 atom stereocenters. The van der Waals surface area contributed by atoms with Gasteiger partial charge in [0.25, 0.3) is 0 Å². The number of allylic oxidation sites excluding steroid dienone is 2. The zero-order valence-electron chi connectivity index (χ0n) is 52.5. The van der Waals surface area contributed by atoms with Crippen LogP contribution in [0.15, 0.2) is 12.2 Å². The van der Waals surface area contributed by atoms with Crippen molar-refractivity contribution in [3.8, 4) is 0 Å². The SMILES string of the molecule is CCCCCCCC/C=C\CCCCCCCCCCCC(=O)OCCCCCCCCCCCCCCCCCCCCCCCCCCCCCC(=O)NC(CO)C(O)CCCCCCCCCCCCCCCC. The van der Waals surface area contributed by atoms with Gasteiger partial charge in [-0.25, -0.2) is 0 Å². The zero-order chi connectivity index (χ0) is 55.7. The first-order chi connectivity index (χ1) is 38.0. The van der Waals surface area contributed by atoms with E-state index in [2.05, 4.69) is 31.3 Å². The van der Waals surface area contributed by atoms with Gasteiger partial charge in [-0.15, -0.1) is 0 Å². The van der Waals surface area contributed by atoms with Crippen LogP contribution in [-0.2, 0) is 14.3 Å². The topological polar surface area (TPSA) is 95.9 Å². The van der Waals surface area contributed by atoms with Gasteiger partial charge in [-0.05, 0) is 51.4 Å². The van der Waals surface area contributed by atoms with Crippen LogP contribution in [0.1, 0.15) is 406 Å². The van der Waals surface area contributed by atoms with Crippen LogP contribution >= 0.6 is 0 Å². The third-order valence-electron chi connectivity index (χ3n) is 16.8. The predicted molar refractivity (Wildman–Crippen MR) is 338 cm³/mol. The van der Waals surface area contributed by atoms with Gasteiger partial charge in [0.1, 0.15) is 0 Å². The molecule has 0 aliphatic rings. The number of esters is 1. The molecule has 458 valence electrons. The number of amides is 1. The fourth-order valence-corrected chi connectivity index (χ4v) is 11.4. The summed E-state index contributed by atoms with van der Waals surface area (Å²) in [4.78, 5) is 24.6. The van der Waals surface area contributed by atoms with Crippen molar-refractivity contribution >= 4 is 11.9 Å². The minimum Gasteiger partial charge on any atom is -0.466 e. The van der Waals surface area contributed by atoms with Crippen molar-refractivity contribution in [1.82, 2.24) is 5.32 Å². The lowest BCUT2D eigenvalue weighted by atomic mass is 10.0. The number of unbranched alkanes of at least 4 members (excludes halogenated alkanes) is 54. The molecule has 1 amide bonds. The summed E-state index contributed by atoms with van der Waals surface area (Å²) in [6, 6.07) is -0.538. The second kappa shape index (κ2) is 67.1. The third kappa shape index (κ3) is 63.6. The Labute approximate surface area is 482 Å². The van der Waals surface area contributed by atoms with Gasteiger partial charge < -0.3 is 20.3 Å². The molecule has 0 aliphatic carbocycles. The molecule has 6 heteroatoms. The maximum Gasteiger partial charge on any atom is 0.305 e. The van der Waals surface area contributed by atoms with Gasteiger partial charge in [-0.1, -0.05) is 353 Å². The molecule has 0 aromatic heterocycles. The number of carbonyl (C=O) groups excluding carboxylic acids is 2. The van der Waals surface area contributed by atoms with Crippen LogP contribution in [0.25, 0.3) is 0 Å². The van der Waals surface area contributed by atoms with Crippen molar-refractivity contribution < 1.29 is 24.5 Å². The van der Waals surface area contributed by atoms with Crippen LogP contribution in [-0.4, -0.2) is 47.4 Å². The highest BCUT2D eigenvalue weighted by molar-refractivity contribution is 5.76. The third-order valence-corrected chi connectivity index (χ3v) is 16.8. The van der Waals surface area contributed by atoms with Crippen molar-refractivity contribution in [2.45, 2.75) is 418 Å². The second-order valence-corrected chi connectivity index (χ2v) is 24.6. The van der Waals surface area contributed by atoms with E-state index in [1.807, 2.05) is 0 Å². The lowest BCUT2D eigenvalue weighted by Gasteiger charge is -2.22. The van der Waals surface area contributed by atoms with Crippen LogP contribution in [0.5, 0.6) is 0 Å². The molecule has 0 rings (SSSR count). The fraction of sp³-hybridized carbons (Fsp3) is 0.944. The van der Waals surface area contributed by atoms with E-state index in [4.69, 9.17) is 4.74 Å². The van der Waals surface area contributed by atoms with Gasteiger partial charge in [0.15, 0.2) is 0 Å². The molecule has 0 radical (unpaired) electrons. The smallest absolute Gasteiger partial charge is 0.305 e. The average Bonchev–Trinajstić information content (AvgIpc) is 3.43. The van der Waals surface area contributed by atoms with Crippen LogP contribution in [0.2, 0.25) is 0 Å². The molecular weight excluding hydrogens is 947 g/mol. The maximum atomic E-state index is 12.5. The first-order valence-electron chi connectivity index (χ1n) is 35.4. The molecule has 0 bridgehead atoms. The first-order valence-corrected chi connectivity index (χ1v) is 35.4. The van der Waals surface area contributed by atoms with Crippen LogP contribution in [0.4, 0.5) is 0 Å². The van der Waals surface area contributed by atoms with E-state index in [-0.39, 0.29) is 18.5 Å². The Hall–Kier alpha value is -1.40. The molecule has 0 aliphatic heterocycles. The van der Waals surface area contributed by atoms with Gasteiger partial charge in [-0.3, -0.25) is 9.59 Å². The van der Waals surface area contributed by atoms with E-state index in [9.17, 15) is 19.8 Å². The summed E-state index contributed by atoms with van der Waals surface area (Å²) < 4.78 is 5.51. The van der Waals surface area contributed by atoms with Gasteiger partial charge >= 0.3 is 5.97 Å². The molecule has 6 nitrogen and oxygen atoms in total. The summed E-state index contributed by atoms with van der Waals surface area (Å²) in [6.45, 7) is 4.99. The minimum atomic E-state index is -0.661. The highest BCUT2D eigenvalue weighted by Gasteiger charge is 2.20. The van der Waals surface area contributed by atoms with E-state index < -0.39 is 12.1 Å². The summed E-state index contributed by atoms with van der Waals surface area (Å²) in [5.41, 5.74) is 0. The number of aliphatic hydroxyl groups excluding tert-OH is 2. The van der Waals surface area contributed by atoms with Gasteiger partial charge in [-0.2, -0.15) is 0 Å². The molecule has 0 saturated carbocycles. The van der Waals surface area contributed by atoms with Crippen LogP contribution in [0, 0.1) is 0 Å². The quantitative estimate of drug-likeness (QED) is 0.0320. The first kappa shape index (κ1) is 75.6. The summed E-state index contributed by atoms with van der Waals surface area (Å²) in [5.74, 6) is -0.0106. The largest absolute Gasteiger partial charge is 0.466 e. The molecule has 3 N–H and O–H groups in total. The van der Waals surface area contributed by atoms with E-state index in [1.54, 1.807) is 0 Å². The monoisotopic (exact) mass is 1090 g/mol. The van der Waals surface area contributed by atoms with E-state index in [1.165, 1.54) is 334 Å². The molecule has 0 fully saturated rings. The summed E-state index contributed by atoms with van der Waals surface area (Å²) >= 11 is 0. The number of ether oxygens (including phenoxy) is 1. The van der Waals surface area contributed by atoms with Gasteiger partial charge in [0.05, 0.1) is 25.4 Å². The van der Waals surface area contributed by atoms with Crippen molar-refractivity contribution in [2.24, 2.45) is 0 Å². The van der Waals surface area contributed by atoms with Crippen molar-refractivity contribution in [3.63, 3.8) is 0 Å². The number of hydrogen-bond acceptors (Lipinski definition) is 5. The molecule has 0 spiro atoms. The molecule has 77 heavy (non-hydrogen) atoms. The molecule has 0 aromatic rings. The number of carbonyl (C=O) groups is 2. The molecule has 0 heterocycles. The summed E-state index contributed by atoms with van der Waals surface area (Å²) in [7, 11) is 0. The standard InChI is InChI=1S/C71H139NO5/c1-3-5-7-9-11-13-15-17-19-20-30-34-37-41-45-49-53-57-61-65-71(76)77-66-62-58-54-50-46-42-38-35-32-29-27-25-23-21-22-24-26-28-31-33-36-40-44-48-52-56-60-64-70(75)72-68(67-73)69(74)63-59-55-51-47-43-39-18-16-14-12-10-8-6-4-2/h17,19,68-69,73-74H,3-16,18,20-67H2,1-2H3,(H,72,75)/b19-17-. The molecule has 0 saturated heterocycles. The lowest BCUT2D eigenvalue weighted by molar-refractivity contribution is -0.143. The molecule has 0 aromatic carbocycles. The Kier molecular flexibility index (Phi) is 65.9. The van der Waals surface area contributed by atoms with E-state index in [0.29, 0.717) is 25.9 Å². The van der Waals surface area contributed by atoms with Crippen LogP contribution in [0.3, 0.4) is 0 Å². The van der Waals surface area contributed by atoms with E-state index >= 15 is 0 Å². The van der Waals surface area contributed by atoms with E-state index in [0.717, 1.165) is 38.5 Å². The molecular formula is C71H139NO5. The Balaban J connectivity index is 3.32. The maximum absolute atomic E-state index is 12.5. The van der Waals surface area contributed by atoms with Crippen molar-refractivity contribution in [2.75, 3.05) is 13.2 Å². The zero-order valence-corrected chi connectivity index (χ0v) is 52.5. The Morgan fingerprint density at radius 1 is 0.351 bits per heavy atom. The normalized spacial score (nSPS) is 12.5. The Morgan fingerprint density at radius 3 is 0.922 bits per heavy atom. The van der Waals surface area contributed by atoms with Crippen molar-refractivity contribution in [1.29, 1.82) is 0 Å². The Bertz CT molecular complexity index is 1160. The highest BCUT2D eigenvalue weighted by atomic mass is 16.5. The van der Waals surface area contributed by atoms with Crippen molar-refractivity contribution in [3.05, 3.63) is 12.2 Å². The summed E-state index contributed by atoms with van der Waals surface area (Å²) in [5, 5.41) is 23.3. The number of aliphatic hydroxyl groups is 2. The fourth-order valence-electron chi connectivity index (χ4n) is 11.4. The Morgan fingerprint density at radius 2 is 0.610 bits per heavy atom. The number of nitrogens with one attached hydrogen (secondary N) is 1. The summed E-state index contributed by atoms with van der Waals surface area (Å²) in [6.07, 6.45) is 82.6.